The Morgan fingerprint density at radius 1 is 1.05 bits per heavy atom. The Morgan fingerprint density at radius 3 is 2.40 bits per heavy atom. The Kier molecular flexibility index (Phi) is 5.50. The van der Waals surface area contributed by atoms with Crippen LogP contribution in [0.4, 0.5) is 0 Å². The summed E-state index contributed by atoms with van der Waals surface area (Å²) in [6.45, 7) is 1.62. The molecule has 2 aromatic carbocycles. The van der Waals surface area contributed by atoms with E-state index in [9.17, 15) is 4.79 Å². The minimum Gasteiger partial charge on any atom is -0.302 e. The van der Waals surface area contributed by atoms with Gasteiger partial charge in [0.15, 0.2) is 5.78 Å². The molecule has 104 valence electrons. The summed E-state index contributed by atoms with van der Waals surface area (Å²) in [6.07, 6.45) is 0.534. The largest absolute Gasteiger partial charge is 0.302 e. The second-order valence-electron chi connectivity index (χ2n) is 4.88. The molecule has 0 bridgehead atoms. The van der Waals surface area contributed by atoms with E-state index in [0.717, 1.165) is 23.1 Å². The van der Waals surface area contributed by atoms with Crippen LogP contribution in [0, 0.1) is 0 Å². The van der Waals surface area contributed by atoms with Crippen molar-refractivity contribution < 1.29 is 4.79 Å². The van der Waals surface area contributed by atoms with Crippen LogP contribution in [0.1, 0.15) is 22.3 Å². The van der Waals surface area contributed by atoms with Crippen LogP contribution in [0.3, 0.4) is 0 Å². The maximum absolute atomic E-state index is 12.2. The molecule has 3 heteroatoms. The van der Waals surface area contributed by atoms with Gasteiger partial charge in [-0.1, -0.05) is 64.5 Å². The molecule has 0 aliphatic heterocycles. The molecule has 0 spiro atoms. The zero-order valence-electron chi connectivity index (χ0n) is 11.6. The first-order valence-electron chi connectivity index (χ1n) is 6.67. The van der Waals surface area contributed by atoms with E-state index in [0.29, 0.717) is 6.42 Å². The van der Waals surface area contributed by atoms with Crippen LogP contribution >= 0.6 is 15.9 Å². The third-order valence-corrected chi connectivity index (χ3v) is 3.88. The van der Waals surface area contributed by atoms with Crippen LogP contribution in [0.15, 0.2) is 59.1 Å². The molecule has 0 saturated carbocycles. The number of benzene rings is 2. The van der Waals surface area contributed by atoms with E-state index in [1.807, 2.05) is 49.5 Å². The average Bonchev–Trinajstić information content (AvgIpc) is 2.46. The molecule has 0 heterocycles. The minimum absolute atomic E-state index is 0.178. The molecule has 2 aromatic rings. The van der Waals surface area contributed by atoms with Crippen molar-refractivity contribution in [3.8, 4) is 0 Å². The number of rotatable bonds is 6. The van der Waals surface area contributed by atoms with Gasteiger partial charge in [0.25, 0.3) is 0 Å². The lowest BCUT2D eigenvalue weighted by Crippen LogP contribution is -2.21. The molecule has 0 radical (unpaired) electrons. The van der Waals surface area contributed by atoms with Gasteiger partial charge >= 0.3 is 0 Å². The zero-order chi connectivity index (χ0) is 14.4. The molecule has 0 amide bonds. The summed E-state index contributed by atoms with van der Waals surface area (Å²) >= 11 is 3.42. The van der Waals surface area contributed by atoms with Gasteiger partial charge in [-0.2, -0.15) is 0 Å². The number of Topliss-reactive ketones (excluding diaryl/α,β-unsaturated/α-hetero) is 1. The number of nitrogens with zero attached hydrogens (tertiary/aromatic N) is 1. The summed E-state index contributed by atoms with van der Waals surface area (Å²) in [4.78, 5) is 14.3. The Bertz CT molecular complexity index is 568. The molecular weight excluding hydrogens is 314 g/mol. The number of halogens is 1. The van der Waals surface area contributed by atoms with Crippen molar-refractivity contribution in [1.29, 1.82) is 0 Å². The van der Waals surface area contributed by atoms with Gasteiger partial charge in [-0.05, 0) is 18.7 Å². The van der Waals surface area contributed by atoms with Gasteiger partial charge in [0.1, 0.15) is 0 Å². The third kappa shape index (κ3) is 4.29. The zero-order valence-corrected chi connectivity index (χ0v) is 13.1. The first kappa shape index (κ1) is 14.9. The number of carbonyl (C=O) groups is 1. The first-order chi connectivity index (χ1) is 9.66. The summed E-state index contributed by atoms with van der Waals surface area (Å²) < 4.78 is 0.871. The van der Waals surface area contributed by atoms with E-state index in [2.05, 4.69) is 33.0 Å². The highest BCUT2D eigenvalue weighted by Crippen LogP contribution is 2.17. The molecule has 2 nitrogen and oxygen atoms in total. The van der Waals surface area contributed by atoms with Gasteiger partial charge in [0.05, 0.1) is 0 Å². The monoisotopic (exact) mass is 331 g/mol. The molecular formula is C17H18BrNO. The quantitative estimate of drug-likeness (QED) is 0.741. The van der Waals surface area contributed by atoms with Gasteiger partial charge in [-0.15, -0.1) is 0 Å². The van der Waals surface area contributed by atoms with Crippen molar-refractivity contribution >= 4 is 21.7 Å². The number of ketones is 1. The van der Waals surface area contributed by atoms with Crippen molar-refractivity contribution in [2.24, 2.45) is 0 Å². The predicted octanol–water partition coefficient (Wildman–Crippen LogP) is 4.15. The highest BCUT2D eigenvalue weighted by atomic mass is 79.9. The summed E-state index contributed by atoms with van der Waals surface area (Å²) in [7, 11) is 2.04. The fourth-order valence-electron chi connectivity index (χ4n) is 2.09. The lowest BCUT2D eigenvalue weighted by atomic mass is 10.1. The molecule has 0 aliphatic carbocycles. The number of carbonyl (C=O) groups excluding carboxylic acids is 1. The summed E-state index contributed by atoms with van der Waals surface area (Å²) in [5.41, 5.74) is 2.03. The lowest BCUT2D eigenvalue weighted by Gasteiger charge is -2.16. The van der Waals surface area contributed by atoms with Crippen molar-refractivity contribution in [3.63, 3.8) is 0 Å². The normalized spacial score (nSPS) is 10.8. The Labute approximate surface area is 128 Å². The highest BCUT2D eigenvalue weighted by molar-refractivity contribution is 9.10. The second-order valence-corrected chi connectivity index (χ2v) is 5.73. The standard InChI is InChI=1S/C17H18BrNO/c1-19(13-14-7-3-2-4-8-14)12-11-17(20)15-9-5-6-10-16(15)18/h2-10H,11-13H2,1H3. The summed E-state index contributed by atoms with van der Waals surface area (Å²) in [5, 5.41) is 0. The fraction of sp³-hybridized carbons (Fsp3) is 0.235. The minimum atomic E-state index is 0.178. The molecule has 0 atom stereocenters. The fourth-order valence-corrected chi connectivity index (χ4v) is 2.59. The van der Waals surface area contributed by atoms with Crippen LogP contribution in [0.2, 0.25) is 0 Å². The van der Waals surface area contributed by atoms with Crippen LogP contribution in [-0.2, 0) is 6.54 Å². The van der Waals surface area contributed by atoms with Crippen molar-refractivity contribution in [2.45, 2.75) is 13.0 Å². The van der Waals surface area contributed by atoms with Gasteiger partial charge in [0.2, 0.25) is 0 Å². The maximum atomic E-state index is 12.2. The second kappa shape index (κ2) is 7.36. The molecule has 0 aromatic heterocycles. The van der Waals surface area contributed by atoms with Crippen molar-refractivity contribution in [1.82, 2.24) is 4.90 Å². The van der Waals surface area contributed by atoms with Crippen molar-refractivity contribution in [3.05, 3.63) is 70.2 Å². The Balaban J connectivity index is 1.86. The molecule has 2 rings (SSSR count). The summed E-state index contributed by atoms with van der Waals surface area (Å²) in [5.74, 6) is 0.178. The van der Waals surface area contributed by atoms with Crippen molar-refractivity contribution in [2.75, 3.05) is 13.6 Å². The highest BCUT2D eigenvalue weighted by Gasteiger charge is 2.10. The van der Waals surface area contributed by atoms with Gasteiger partial charge in [-0.3, -0.25) is 4.79 Å². The molecule has 0 aliphatic rings. The number of hydrogen-bond donors (Lipinski definition) is 0. The van der Waals surface area contributed by atoms with Crippen LogP contribution in [-0.4, -0.2) is 24.3 Å². The number of hydrogen-bond acceptors (Lipinski definition) is 2. The smallest absolute Gasteiger partial charge is 0.165 e. The first-order valence-corrected chi connectivity index (χ1v) is 7.46. The summed E-state index contributed by atoms with van der Waals surface area (Å²) in [6, 6.07) is 17.9. The van der Waals surface area contributed by atoms with Crippen LogP contribution < -0.4 is 0 Å². The molecule has 0 fully saturated rings. The van der Waals surface area contributed by atoms with Gasteiger partial charge in [0, 0.05) is 29.5 Å². The third-order valence-electron chi connectivity index (χ3n) is 3.19. The van der Waals surface area contributed by atoms with E-state index >= 15 is 0 Å². The molecule has 0 unspecified atom stereocenters. The van der Waals surface area contributed by atoms with Gasteiger partial charge in [-0.25, -0.2) is 0 Å². The van der Waals surface area contributed by atoms with E-state index in [-0.39, 0.29) is 5.78 Å². The lowest BCUT2D eigenvalue weighted by molar-refractivity contribution is 0.0967. The topological polar surface area (TPSA) is 20.3 Å². The maximum Gasteiger partial charge on any atom is 0.165 e. The molecule has 0 N–H and O–H groups in total. The SMILES string of the molecule is CN(CCC(=O)c1ccccc1Br)Cc1ccccc1. The Hall–Kier alpha value is -1.45. The van der Waals surface area contributed by atoms with E-state index in [1.165, 1.54) is 5.56 Å². The van der Waals surface area contributed by atoms with Crippen LogP contribution in [0.25, 0.3) is 0 Å². The van der Waals surface area contributed by atoms with E-state index < -0.39 is 0 Å². The van der Waals surface area contributed by atoms with Crippen LogP contribution in [0.5, 0.6) is 0 Å². The Morgan fingerprint density at radius 2 is 1.70 bits per heavy atom. The van der Waals surface area contributed by atoms with E-state index in [1.54, 1.807) is 0 Å². The van der Waals surface area contributed by atoms with Gasteiger partial charge < -0.3 is 4.90 Å². The van der Waals surface area contributed by atoms with E-state index in [4.69, 9.17) is 0 Å². The molecule has 20 heavy (non-hydrogen) atoms. The average molecular weight is 332 g/mol. The molecule has 0 saturated heterocycles. The predicted molar refractivity (Wildman–Crippen MR) is 85.9 cm³/mol.